The minimum absolute atomic E-state index is 0.213. The second kappa shape index (κ2) is 17.5. The van der Waals surface area contributed by atoms with Gasteiger partial charge < -0.3 is 10.6 Å². The van der Waals surface area contributed by atoms with Crippen molar-refractivity contribution in [3.05, 3.63) is 209 Å². The molecule has 4 nitrogen and oxygen atoms in total. The summed E-state index contributed by atoms with van der Waals surface area (Å²) in [6.07, 6.45) is 8.05. The quantitative estimate of drug-likeness (QED) is 0.163. The molecule has 6 aromatic rings. The van der Waals surface area contributed by atoms with E-state index in [2.05, 4.69) is 201 Å². The lowest BCUT2D eigenvalue weighted by Gasteiger charge is -2.41. The van der Waals surface area contributed by atoms with Crippen LogP contribution >= 0.6 is 0 Å². The van der Waals surface area contributed by atoms with E-state index in [-0.39, 0.29) is 6.17 Å². The van der Waals surface area contributed by atoms with E-state index in [0.29, 0.717) is 0 Å². The predicted molar refractivity (Wildman–Crippen MR) is 226 cm³/mol. The number of nitrogens with one attached hydrogen (secondary N) is 3. The number of hydrogen-bond acceptors (Lipinski definition) is 4. The van der Waals surface area contributed by atoms with Crippen LogP contribution in [-0.2, 0) is 5.66 Å². The number of aryl methyl sites for hydroxylation is 3. The fourth-order valence-corrected chi connectivity index (χ4v) is 6.93. The molecule has 2 heterocycles. The molecule has 0 aromatic heterocycles. The highest BCUT2D eigenvalue weighted by atomic mass is 15.3. The summed E-state index contributed by atoms with van der Waals surface area (Å²) in [6.45, 7) is 11.3. The van der Waals surface area contributed by atoms with Crippen molar-refractivity contribution in [1.29, 1.82) is 0 Å². The van der Waals surface area contributed by atoms with Crippen molar-refractivity contribution >= 4 is 11.9 Å². The molecule has 3 N–H and O–H groups in total. The highest BCUT2D eigenvalue weighted by Crippen LogP contribution is 2.35. The molecule has 0 amide bonds. The van der Waals surface area contributed by atoms with Gasteiger partial charge in [0.05, 0.1) is 6.34 Å². The lowest BCUT2D eigenvalue weighted by molar-refractivity contribution is 0.309. The Bertz CT molecular complexity index is 2140. The Morgan fingerprint density at radius 1 is 0.585 bits per heavy atom. The van der Waals surface area contributed by atoms with Crippen LogP contribution in [0.25, 0.3) is 27.8 Å². The van der Waals surface area contributed by atoms with E-state index in [0.717, 1.165) is 23.2 Å². The lowest BCUT2D eigenvalue weighted by Crippen LogP contribution is -2.57. The molecule has 2 unspecified atom stereocenters. The van der Waals surface area contributed by atoms with Crippen LogP contribution < -0.4 is 16.0 Å². The van der Waals surface area contributed by atoms with Gasteiger partial charge >= 0.3 is 0 Å². The predicted octanol–water partition coefficient (Wildman–Crippen LogP) is 11.3. The molecular weight excluding hydrogens is 645 g/mol. The third kappa shape index (κ3) is 8.57. The maximum Gasteiger partial charge on any atom is 0.144 e. The number of hydrogen-bond donors (Lipinski definition) is 3. The Kier molecular flexibility index (Phi) is 12.2. The molecule has 8 rings (SSSR count). The van der Waals surface area contributed by atoms with Crippen LogP contribution in [0.5, 0.6) is 0 Å². The molecule has 0 saturated carbocycles. The molecule has 0 spiro atoms. The van der Waals surface area contributed by atoms with Gasteiger partial charge in [-0.3, -0.25) is 10.3 Å². The standard InChI is InChI=1S/C33H30N4.C14H14.C2H6/c1-24-19-28(27-11-8-18-34-22-27)21-29(20-24)32-35-23-36-33(37-32,30-12-6-3-7-13-30)31-16-14-26(15-17-31)25-9-4-2-5-10-25;1-11-7-3-5-9-13(11)14-10-6-4-8-12(14)2;1-2/h2-17,19-23,32,34,37H,18H2,1H3,(H,35,36);3-10H,1-2H3;1-2H3. The van der Waals surface area contributed by atoms with Crippen LogP contribution in [0.15, 0.2) is 175 Å². The summed E-state index contributed by atoms with van der Waals surface area (Å²) in [5, 5.41) is 10.8. The molecule has 6 aromatic carbocycles. The number of benzene rings is 6. The zero-order valence-corrected chi connectivity index (χ0v) is 31.5. The van der Waals surface area contributed by atoms with Crippen LogP contribution in [0.4, 0.5) is 0 Å². The van der Waals surface area contributed by atoms with Gasteiger partial charge in [0.25, 0.3) is 0 Å². The fourth-order valence-electron chi connectivity index (χ4n) is 6.93. The summed E-state index contributed by atoms with van der Waals surface area (Å²) in [5.41, 5.74) is 14.1. The lowest BCUT2D eigenvalue weighted by atomic mass is 9.88. The van der Waals surface area contributed by atoms with Crippen LogP contribution in [0.3, 0.4) is 0 Å². The SMILES string of the molecule is CC.Cc1cc(C2=CNCC=C2)cc(C2N=CNC(c3ccccc3)(c3ccc(-c4ccccc4)cc3)N2)c1.Cc1ccccc1-c1ccccc1C. The smallest absolute Gasteiger partial charge is 0.144 e. The second-order valence-electron chi connectivity index (χ2n) is 13.2. The molecule has 0 fully saturated rings. The van der Waals surface area contributed by atoms with Gasteiger partial charge in [-0.2, -0.15) is 0 Å². The van der Waals surface area contributed by atoms with Crippen molar-refractivity contribution in [3.63, 3.8) is 0 Å². The highest BCUT2D eigenvalue weighted by Gasteiger charge is 2.38. The molecule has 2 atom stereocenters. The van der Waals surface area contributed by atoms with Crippen LogP contribution in [0, 0.1) is 20.8 Å². The summed E-state index contributed by atoms with van der Waals surface area (Å²) >= 11 is 0. The third-order valence-electron chi connectivity index (χ3n) is 9.61. The van der Waals surface area contributed by atoms with E-state index in [1.807, 2.05) is 26.3 Å². The van der Waals surface area contributed by atoms with Gasteiger partial charge in [-0.1, -0.05) is 177 Å². The first kappa shape index (κ1) is 36.8. The maximum atomic E-state index is 4.84. The summed E-state index contributed by atoms with van der Waals surface area (Å²) in [6, 6.07) is 53.5. The van der Waals surface area contributed by atoms with Crippen molar-refractivity contribution in [2.24, 2.45) is 4.99 Å². The van der Waals surface area contributed by atoms with Gasteiger partial charge in [0.2, 0.25) is 0 Å². The average Bonchev–Trinajstić information content (AvgIpc) is 3.23. The number of allylic oxidation sites excluding steroid dienone is 2. The summed E-state index contributed by atoms with van der Waals surface area (Å²) < 4.78 is 0. The van der Waals surface area contributed by atoms with Crippen molar-refractivity contribution in [1.82, 2.24) is 16.0 Å². The third-order valence-corrected chi connectivity index (χ3v) is 9.61. The normalized spacial score (nSPS) is 17.2. The molecule has 4 heteroatoms. The monoisotopic (exact) mass is 694 g/mol. The van der Waals surface area contributed by atoms with E-state index in [4.69, 9.17) is 4.99 Å². The maximum absolute atomic E-state index is 4.84. The number of aliphatic imine (C=N–C) groups is 1. The van der Waals surface area contributed by atoms with Crippen molar-refractivity contribution in [3.8, 4) is 22.3 Å². The molecule has 0 aliphatic carbocycles. The van der Waals surface area contributed by atoms with Crippen LogP contribution in [0.1, 0.15) is 59.0 Å². The van der Waals surface area contributed by atoms with Gasteiger partial charge in [-0.05, 0) is 88.0 Å². The minimum Gasteiger partial charge on any atom is -0.387 e. The van der Waals surface area contributed by atoms with Gasteiger partial charge in [-0.15, -0.1) is 0 Å². The Labute approximate surface area is 316 Å². The first-order valence-electron chi connectivity index (χ1n) is 18.6. The zero-order valence-electron chi connectivity index (χ0n) is 31.5. The summed E-state index contributed by atoms with van der Waals surface area (Å²) in [7, 11) is 0. The molecular formula is C49H50N4. The molecule has 0 bridgehead atoms. The van der Waals surface area contributed by atoms with E-state index in [9.17, 15) is 0 Å². The average molecular weight is 695 g/mol. The van der Waals surface area contributed by atoms with Gasteiger partial charge in [0.15, 0.2) is 0 Å². The number of rotatable bonds is 6. The molecule has 2 aliphatic heterocycles. The van der Waals surface area contributed by atoms with E-state index < -0.39 is 5.66 Å². The Morgan fingerprint density at radius 3 is 1.75 bits per heavy atom. The molecule has 0 radical (unpaired) electrons. The van der Waals surface area contributed by atoms with E-state index >= 15 is 0 Å². The number of dihydropyridines is 1. The Balaban J connectivity index is 0.000000251. The topological polar surface area (TPSA) is 48.5 Å². The molecule has 0 saturated heterocycles. The minimum atomic E-state index is -0.627. The number of nitrogens with zero attached hydrogens (tertiary/aromatic N) is 1. The molecule has 53 heavy (non-hydrogen) atoms. The van der Waals surface area contributed by atoms with Crippen LogP contribution in [0.2, 0.25) is 0 Å². The second-order valence-corrected chi connectivity index (χ2v) is 13.2. The molecule has 2 aliphatic rings. The summed E-state index contributed by atoms with van der Waals surface area (Å²) in [4.78, 5) is 4.84. The Morgan fingerprint density at radius 2 is 1.15 bits per heavy atom. The van der Waals surface area contributed by atoms with Crippen molar-refractivity contribution < 1.29 is 0 Å². The van der Waals surface area contributed by atoms with E-state index in [1.54, 1.807) is 0 Å². The first-order valence-corrected chi connectivity index (χ1v) is 18.6. The van der Waals surface area contributed by atoms with Gasteiger partial charge in [-0.25, -0.2) is 0 Å². The van der Waals surface area contributed by atoms with Crippen molar-refractivity contribution in [2.45, 2.75) is 46.4 Å². The first-order chi connectivity index (χ1) is 26.0. The highest BCUT2D eigenvalue weighted by molar-refractivity contribution is 5.76. The van der Waals surface area contributed by atoms with Crippen LogP contribution in [-0.4, -0.2) is 12.9 Å². The zero-order chi connectivity index (χ0) is 37.0. The summed E-state index contributed by atoms with van der Waals surface area (Å²) in [5.74, 6) is 0. The van der Waals surface area contributed by atoms with Gasteiger partial charge in [0, 0.05) is 12.7 Å². The largest absolute Gasteiger partial charge is 0.387 e. The fraction of sp³-hybridized carbons (Fsp3) is 0.163. The van der Waals surface area contributed by atoms with Gasteiger partial charge in [0.1, 0.15) is 11.8 Å². The van der Waals surface area contributed by atoms with E-state index in [1.165, 1.54) is 50.1 Å². The molecule has 266 valence electrons. The van der Waals surface area contributed by atoms with Crippen molar-refractivity contribution in [2.75, 3.05) is 6.54 Å². The Hall–Kier alpha value is -5.97.